The van der Waals surface area contributed by atoms with Gasteiger partial charge in [0.15, 0.2) is 0 Å². The van der Waals surface area contributed by atoms with Gasteiger partial charge in [-0.25, -0.2) is 0 Å². The van der Waals surface area contributed by atoms with E-state index in [4.69, 9.17) is 9.47 Å². The number of fused-ring (bicyclic) bond motifs is 16. The minimum absolute atomic E-state index is 0.0000559. The number of benzene rings is 9. The first-order valence-corrected chi connectivity index (χ1v) is 30.5. The van der Waals surface area contributed by atoms with Gasteiger partial charge in [0.25, 0.3) is 13.4 Å². The monoisotopic (exact) mass is 1070 g/mol. The van der Waals surface area contributed by atoms with Crippen molar-refractivity contribution in [3.8, 4) is 23.0 Å². The van der Waals surface area contributed by atoms with Crippen molar-refractivity contribution in [1.29, 1.82) is 0 Å². The molecule has 4 unspecified atom stereocenters. The van der Waals surface area contributed by atoms with E-state index in [0.29, 0.717) is 0 Å². The average molecular weight is 1070 g/mol. The predicted molar refractivity (Wildman–Crippen MR) is 339 cm³/mol. The van der Waals surface area contributed by atoms with Crippen LogP contribution in [-0.4, -0.2) is 24.5 Å². The highest BCUT2D eigenvalue weighted by Crippen LogP contribution is 2.64. The molecule has 2 saturated carbocycles. The van der Waals surface area contributed by atoms with Crippen molar-refractivity contribution < 1.29 is 9.47 Å². The van der Waals surface area contributed by atoms with E-state index in [-0.39, 0.29) is 35.3 Å². The van der Waals surface area contributed by atoms with E-state index in [0.717, 1.165) is 52.9 Å². The normalized spacial score (nSPS) is 23.7. The Balaban J connectivity index is 0.882. The third-order valence-corrected chi connectivity index (χ3v) is 22.8. The summed E-state index contributed by atoms with van der Waals surface area (Å²) in [6.45, 7) is 9.90. The lowest BCUT2D eigenvalue weighted by Gasteiger charge is -2.51. The molecule has 81 heavy (non-hydrogen) atoms. The number of ether oxygens (including phenoxy) is 2. The number of hydrogen-bond donors (Lipinski definition) is 0. The first-order valence-electron chi connectivity index (χ1n) is 29.6. The summed E-state index contributed by atoms with van der Waals surface area (Å²) in [7, 11) is 0. The van der Waals surface area contributed by atoms with Crippen molar-refractivity contribution in [3.63, 3.8) is 0 Å². The van der Waals surface area contributed by atoms with E-state index in [1.165, 1.54) is 132 Å². The molecule has 0 saturated heterocycles. The first kappa shape index (κ1) is 46.6. The molecule has 0 spiro atoms. The summed E-state index contributed by atoms with van der Waals surface area (Å²) in [6, 6.07) is 73.3. The quantitative estimate of drug-likeness (QED) is 0.163. The molecule has 9 aromatic carbocycles. The highest BCUT2D eigenvalue weighted by atomic mass is 32.1. The fourth-order valence-electron chi connectivity index (χ4n) is 17.5. The molecule has 0 bridgehead atoms. The van der Waals surface area contributed by atoms with E-state index in [2.05, 4.69) is 241 Å². The average Bonchev–Trinajstić information content (AvgIpc) is 2.77. The van der Waals surface area contributed by atoms with Crippen LogP contribution in [0.4, 0.5) is 56.2 Å². The summed E-state index contributed by atoms with van der Waals surface area (Å²) in [4.78, 5) is 10.5. The highest BCUT2D eigenvalue weighted by molar-refractivity contribution is 7.26. The number of rotatable bonds is 4. The van der Waals surface area contributed by atoms with Crippen molar-refractivity contribution in [2.45, 2.75) is 101 Å². The van der Waals surface area contributed by atoms with E-state index < -0.39 is 0 Å². The molecule has 9 heteroatoms. The summed E-state index contributed by atoms with van der Waals surface area (Å²) < 4.78 is 16.6. The Morgan fingerprint density at radius 2 is 0.864 bits per heavy atom. The molecule has 392 valence electrons. The predicted octanol–water partition coefficient (Wildman–Crippen LogP) is 15.2. The van der Waals surface area contributed by atoms with Crippen molar-refractivity contribution in [3.05, 3.63) is 205 Å². The van der Waals surface area contributed by atoms with E-state index in [1.807, 2.05) is 11.3 Å². The molecule has 0 amide bonds. The van der Waals surface area contributed by atoms with Crippen LogP contribution in [0.3, 0.4) is 0 Å². The summed E-state index contributed by atoms with van der Waals surface area (Å²) in [5.41, 5.74) is 20.8. The minimum Gasteiger partial charge on any atom is -0.458 e. The molecule has 0 N–H and O–H groups in total. The molecule has 2 fully saturated rings. The number of anilines is 10. The fraction of sp³-hybridized carbons (Fsp3) is 0.222. The molecule has 0 radical (unpaired) electrons. The molecule has 6 aliphatic heterocycles. The maximum atomic E-state index is 7.68. The van der Waals surface area contributed by atoms with Crippen molar-refractivity contribution in [2.75, 3.05) is 19.6 Å². The third-order valence-electron chi connectivity index (χ3n) is 21.6. The SMILES string of the molecule is CC12CCCCC1(C)N(c1cc3c4c(c1)N(c1ccccc1)c1ccccc1B4c1cc4c(cc1O3)Oc1cc(N3c5ccccc5C5(C)CCCCC35C)cc3c1B4c1c(sc4ccccc14)N3c1ccccc1)c1ccccc12. The summed E-state index contributed by atoms with van der Waals surface area (Å²) in [5.74, 6) is 3.52. The van der Waals surface area contributed by atoms with Gasteiger partial charge in [-0.05, 0) is 149 Å². The van der Waals surface area contributed by atoms with Crippen LogP contribution in [0.2, 0.25) is 0 Å². The largest absolute Gasteiger partial charge is 0.458 e. The Morgan fingerprint density at radius 1 is 0.383 bits per heavy atom. The number of hydrogen-bond acceptors (Lipinski definition) is 7. The zero-order chi connectivity index (χ0) is 53.7. The Kier molecular flexibility index (Phi) is 9.37. The van der Waals surface area contributed by atoms with Crippen LogP contribution >= 0.6 is 11.3 Å². The molecule has 7 heterocycles. The lowest BCUT2D eigenvalue weighted by Crippen LogP contribution is -2.63. The second kappa shape index (κ2) is 16.3. The Labute approximate surface area is 479 Å². The summed E-state index contributed by atoms with van der Waals surface area (Å²) in [5, 5.41) is 2.55. The van der Waals surface area contributed by atoms with Gasteiger partial charge in [0.1, 0.15) is 23.0 Å². The molecule has 18 rings (SSSR count). The molecular formula is C72H60B2N4O2S. The first-order chi connectivity index (χ1) is 39.6. The fourth-order valence-corrected chi connectivity index (χ4v) is 18.8. The van der Waals surface area contributed by atoms with Crippen LogP contribution in [-0.2, 0) is 10.8 Å². The third kappa shape index (κ3) is 5.90. The highest BCUT2D eigenvalue weighted by Gasteiger charge is 2.60. The van der Waals surface area contributed by atoms with E-state index in [1.54, 1.807) is 0 Å². The maximum absolute atomic E-state index is 7.68. The van der Waals surface area contributed by atoms with Crippen LogP contribution in [0, 0.1) is 0 Å². The molecule has 8 aliphatic rings. The van der Waals surface area contributed by atoms with Gasteiger partial charge < -0.3 is 29.1 Å². The lowest BCUT2D eigenvalue weighted by molar-refractivity contribution is 0.195. The minimum atomic E-state index is -0.133. The number of nitrogens with zero attached hydrogens (tertiary/aromatic N) is 4. The van der Waals surface area contributed by atoms with Gasteiger partial charge >= 0.3 is 0 Å². The van der Waals surface area contributed by atoms with Crippen LogP contribution < -0.4 is 61.9 Å². The van der Waals surface area contributed by atoms with Gasteiger partial charge in [-0.15, -0.1) is 11.3 Å². The second-order valence-corrected chi connectivity index (χ2v) is 26.3. The zero-order valence-electron chi connectivity index (χ0n) is 46.3. The van der Waals surface area contributed by atoms with Gasteiger partial charge in [0, 0.05) is 84.9 Å². The van der Waals surface area contributed by atoms with Gasteiger partial charge in [-0.3, -0.25) is 0 Å². The van der Waals surface area contributed by atoms with Crippen LogP contribution in [0.25, 0.3) is 10.1 Å². The maximum Gasteiger partial charge on any atom is 0.258 e. The van der Waals surface area contributed by atoms with Crippen LogP contribution in [0.15, 0.2) is 194 Å². The Bertz CT molecular complexity index is 4360. The molecular weight excluding hydrogens is 1010 g/mol. The standard InChI is InChI=1S/C72H60B2N4O2S/c1-69-35-19-21-37-71(69,3)77(55-31-15-12-28-50(55)69)47-39-58-66-62(41-47)79-60-44-61-54(43-53(60)73(66)52-30-14-17-33-57(52)75(58)45-23-7-5-8-24-45)74-65-49-27-11-18-34-64(49)81-68(65)76(46-25-9-6-10-26-46)59-40-48(42-63(80-61)67(59)74)78-56-32-16-13-29-51(56)70(2)36-20-22-38-72(70,78)4/h5-18,23-34,39-44H,19-22,35-38H2,1-4H3. The summed E-state index contributed by atoms with van der Waals surface area (Å²) in [6.07, 6.45) is 9.46. The van der Waals surface area contributed by atoms with Crippen molar-refractivity contribution in [2.24, 2.45) is 0 Å². The lowest BCUT2D eigenvalue weighted by atomic mass is 9.31. The van der Waals surface area contributed by atoms with Crippen LogP contribution in [0.1, 0.15) is 90.2 Å². The van der Waals surface area contributed by atoms with Gasteiger partial charge in [0.05, 0.1) is 16.1 Å². The van der Waals surface area contributed by atoms with Crippen molar-refractivity contribution in [1.82, 2.24) is 0 Å². The second-order valence-electron chi connectivity index (χ2n) is 25.3. The summed E-state index contributed by atoms with van der Waals surface area (Å²) >= 11 is 1.91. The Hall–Kier alpha value is -8.13. The molecule has 10 aromatic rings. The Morgan fingerprint density at radius 3 is 1.48 bits per heavy atom. The zero-order valence-corrected chi connectivity index (χ0v) is 47.1. The molecule has 6 nitrogen and oxygen atoms in total. The number of para-hydroxylation sites is 5. The topological polar surface area (TPSA) is 31.4 Å². The van der Waals surface area contributed by atoms with Crippen LogP contribution in [0.5, 0.6) is 23.0 Å². The number of thiophene rings is 1. The van der Waals surface area contributed by atoms with E-state index >= 15 is 0 Å². The van der Waals surface area contributed by atoms with E-state index in [9.17, 15) is 0 Å². The van der Waals surface area contributed by atoms with Gasteiger partial charge in [0.2, 0.25) is 0 Å². The molecule has 4 atom stereocenters. The molecule has 2 aliphatic carbocycles. The van der Waals surface area contributed by atoms with Gasteiger partial charge in [-0.2, -0.15) is 0 Å². The van der Waals surface area contributed by atoms with Gasteiger partial charge in [-0.1, -0.05) is 155 Å². The van der Waals surface area contributed by atoms with Crippen molar-refractivity contribution >= 4 is 124 Å². The molecule has 1 aromatic heterocycles. The smallest absolute Gasteiger partial charge is 0.258 e.